The summed E-state index contributed by atoms with van der Waals surface area (Å²) in [5.41, 5.74) is 5.25. The molecule has 0 saturated carbocycles. The zero-order valence-corrected chi connectivity index (χ0v) is 18.9. The molecule has 2 aromatic carbocycles. The van der Waals surface area contributed by atoms with Gasteiger partial charge in [-0.3, -0.25) is 4.79 Å². The van der Waals surface area contributed by atoms with Gasteiger partial charge in [-0.1, -0.05) is 35.9 Å². The number of ether oxygens (including phenoxy) is 1. The third-order valence-corrected chi connectivity index (χ3v) is 5.13. The molecule has 0 spiro atoms. The van der Waals surface area contributed by atoms with Gasteiger partial charge in [0, 0.05) is 0 Å². The lowest BCUT2D eigenvalue weighted by molar-refractivity contribution is -0.119. The number of aromatic nitrogens is 5. The van der Waals surface area contributed by atoms with Gasteiger partial charge >= 0.3 is 5.97 Å². The fourth-order valence-electron chi connectivity index (χ4n) is 3.38. The standard InChI is InChI=1S/C24H24N6O3/c1-15-10-12-19(13-11-15)29-18(4)22(16(2)26-29)25-21(31)14-33-24(32)23-17(3)27-30(28-23)20-8-6-5-7-9-20/h5-13H,14H2,1-4H3,(H,25,31). The van der Waals surface area contributed by atoms with E-state index in [-0.39, 0.29) is 5.69 Å². The molecule has 9 heteroatoms. The molecule has 0 atom stereocenters. The molecule has 0 radical (unpaired) electrons. The highest BCUT2D eigenvalue weighted by Crippen LogP contribution is 2.23. The Bertz CT molecular complexity index is 1310. The number of benzene rings is 2. The molecule has 4 aromatic rings. The van der Waals surface area contributed by atoms with Gasteiger partial charge in [0.1, 0.15) is 0 Å². The van der Waals surface area contributed by atoms with Gasteiger partial charge in [-0.15, -0.1) is 5.10 Å². The van der Waals surface area contributed by atoms with Crippen LogP contribution < -0.4 is 5.32 Å². The molecule has 0 aliphatic heterocycles. The molecule has 1 N–H and O–H groups in total. The number of nitrogens with one attached hydrogen (secondary N) is 1. The molecule has 2 aromatic heterocycles. The van der Waals surface area contributed by atoms with Crippen molar-refractivity contribution in [1.82, 2.24) is 24.8 Å². The molecule has 0 aliphatic rings. The maximum atomic E-state index is 12.5. The summed E-state index contributed by atoms with van der Waals surface area (Å²) in [5, 5.41) is 15.8. The molecular weight excluding hydrogens is 420 g/mol. The van der Waals surface area contributed by atoms with Crippen LogP contribution in [-0.2, 0) is 9.53 Å². The van der Waals surface area contributed by atoms with Crippen molar-refractivity contribution >= 4 is 17.6 Å². The van der Waals surface area contributed by atoms with Crippen LogP contribution in [0.4, 0.5) is 5.69 Å². The van der Waals surface area contributed by atoms with Gasteiger partial charge < -0.3 is 10.1 Å². The lowest BCUT2D eigenvalue weighted by Gasteiger charge is -2.08. The monoisotopic (exact) mass is 444 g/mol. The summed E-state index contributed by atoms with van der Waals surface area (Å²) in [7, 11) is 0. The number of nitrogens with zero attached hydrogens (tertiary/aromatic N) is 5. The van der Waals surface area contributed by atoms with E-state index in [1.807, 2.05) is 75.4 Å². The zero-order valence-electron chi connectivity index (χ0n) is 18.9. The van der Waals surface area contributed by atoms with Crippen molar-refractivity contribution in [3.8, 4) is 11.4 Å². The first-order valence-electron chi connectivity index (χ1n) is 10.4. The van der Waals surface area contributed by atoms with Gasteiger partial charge in [0.2, 0.25) is 0 Å². The number of carbonyl (C=O) groups is 2. The minimum Gasteiger partial charge on any atom is -0.451 e. The van der Waals surface area contributed by atoms with Crippen LogP contribution in [0, 0.1) is 27.7 Å². The summed E-state index contributed by atoms with van der Waals surface area (Å²) in [4.78, 5) is 26.3. The van der Waals surface area contributed by atoms with Crippen LogP contribution in [0.1, 0.15) is 33.1 Å². The van der Waals surface area contributed by atoms with Crippen molar-refractivity contribution in [3.63, 3.8) is 0 Å². The summed E-state index contributed by atoms with van der Waals surface area (Å²) in [6.45, 7) is 6.90. The van der Waals surface area contributed by atoms with Gasteiger partial charge in [0.15, 0.2) is 12.3 Å². The first-order valence-corrected chi connectivity index (χ1v) is 10.4. The number of para-hydroxylation sites is 1. The Morgan fingerprint density at radius 3 is 2.24 bits per heavy atom. The second-order valence-electron chi connectivity index (χ2n) is 7.68. The van der Waals surface area contributed by atoms with Gasteiger partial charge in [0.25, 0.3) is 5.91 Å². The van der Waals surface area contributed by atoms with Crippen LogP contribution in [0.5, 0.6) is 0 Å². The quantitative estimate of drug-likeness (QED) is 0.457. The van der Waals surface area contributed by atoms with Crippen LogP contribution in [0.2, 0.25) is 0 Å². The smallest absolute Gasteiger partial charge is 0.361 e. The summed E-state index contributed by atoms with van der Waals surface area (Å²) in [5.74, 6) is -1.18. The van der Waals surface area contributed by atoms with Crippen molar-refractivity contribution in [2.75, 3.05) is 11.9 Å². The summed E-state index contributed by atoms with van der Waals surface area (Å²) in [6.07, 6.45) is 0. The highest BCUT2D eigenvalue weighted by atomic mass is 16.5. The molecule has 0 aliphatic carbocycles. The lowest BCUT2D eigenvalue weighted by atomic mass is 10.2. The highest BCUT2D eigenvalue weighted by molar-refractivity contribution is 5.95. The second-order valence-corrected chi connectivity index (χ2v) is 7.68. The molecule has 1 amide bonds. The Labute approximate surface area is 191 Å². The molecule has 0 bridgehead atoms. The van der Waals surface area contributed by atoms with E-state index in [9.17, 15) is 9.59 Å². The van der Waals surface area contributed by atoms with Gasteiger partial charge in [0.05, 0.1) is 34.1 Å². The van der Waals surface area contributed by atoms with Crippen LogP contribution >= 0.6 is 0 Å². The number of amides is 1. The van der Waals surface area contributed by atoms with E-state index in [2.05, 4.69) is 20.6 Å². The Hall–Kier alpha value is -4.27. The molecule has 0 unspecified atom stereocenters. The molecular formula is C24H24N6O3. The number of hydrogen-bond acceptors (Lipinski definition) is 6. The van der Waals surface area contributed by atoms with Crippen LogP contribution in [0.3, 0.4) is 0 Å². The molecule has 0 fully saturated rings. The third kappa shape index (κ3) is 4.67. The van der Waals surface area contributed by atoms with E-state index >= 15 is 0 Å². The van der Waals surface area contributed by atoms with E-state index in [4.69, 9.17) is 4.74 Å². The van der Waals surface area contributed by atoms with E-state index < -0.39 is 18.5 Å². The van der Waals surface area contributed by atoms with Crippen molar-refractivity contribution in [3.05, 3.63) is 82.9 Å². The van der Waals surface area contributed by atoms with Gasteiger partial charge in [-0.2, -0.15) is 15.0 Å². The Morgan fingerprint density at radius 1 is 0.848 bits per heavy atom. The summed E-state index contributed by atoms with van der Waals surface area (Å²) < 4.78 is 6.95. The Balaban J connectivity index is 1.42. The van der Waals surface area contributed by atoms with Gasteiger partial charge in [-0.25, -0.2) is 9.48 Å². The average molecular weight is 444 g/mol. The molecule has 4 rings (SSSR count). The van der Waals surface area contributed by atoms with Crippen molar-refractivity contribution in [2.24, 2.45) is 0 Å². The normalized spacial score (nSPS) is 10.8. The van der Waals surface area contributed by atoms with Crippen LogP contribution in [0.15, 0.2) is 54.6 Å². The summed E-state index contributed by atoms with van der Waals surface area (Å²) in [6, 6.07) is 17.1. The Morgan fingerprint density at radius 2 is 1.55 bits per heavy atom. The highest BCUT2D eigenvalue weighted by Gasteiger charge is 2.20. The second kappa shape index (κ2) is 9.07. The number of rotatable bonds is 6. The Kier molecular flexibility index (Phi) is 6.03. The first kappa shape index (κ1) is 21.9. The molecule has 0 saturated heterocycles. The van der Waals surface area contributed by atoms with Crippen molar-refractivity contribution in [1.29, 1.82) is 0 Å². The fourth-order valence-corrected chi connectivity index (χ4v) is 3.38. The first-order chi connectivity index (χ1) is 15.8. The average Bonchev–Trinajstić information content (AvgIpc) is 3.33. The molecule has 9 nitrogen and oxygen atoms in total. The molecule has 168 valence electrons. The minimum absolute atomic E-state index is 0.0613. The molecule has 2 heterocycles. The van der Waals surface area contributed by atoms with E-state index in [0.29, 0.717) is 22.8 Å². The number of carbonyl (C=O) groups excluding carboxylic acids is 2. The third-order valence-electron chi connectivity index (χ3n) is 5.13. The number of aryl methyl sites for hydroxylation is 3. The fraction of sp³-hybridized carbons (Fsp3) is 0.208. The van der Waals surface area contributed by atoms with Crippen molar-refractivity contribution < 1.29 is 14.3 Å². The van der Waals surface area contributed by atoms with E-state index in [1.165, 1.54) is 4.80 Å². The predicted octanol–water partition coefficient (Wildman–Crippen LogP) is 3.48. The largest absolute Gasteiger partial charge is 0.451 e. The maximum Gasteiger partial charge on any atom is 0.361 e. The number of hydrogen-bond donors (Lipinski definition) is 1. The summed E-state index contributed by atoms with van der Waals surface area (Å²) >= 11 is 0. The van der Waals surface area contributed by atoms with E-state index in [1.54, 1.807) is 11.6 Å². The van der Waals surface area contributed by atoms with Crippen LogP contribution in [-0.4, -0.2) is 43.3 Å². The maximum absolute atomic E-state index is 12.5. The van der Waals surface area contributed by atoms with E-state index in [0.717, 1.165) is 16.9 Å². The molecule has 33 heavy (non-hydrogen) atoms. The minimum atomic E-state index is -0.714. The van der Waals surface area contributed by atoms with Gasteiger partial charge in [-0.05, 0) is 52.0 Å². The topological polar surface area (TPSA) is 104 Å². The number of anilines is 1. The predicted molar refractivity (Wildman–Crippen MR) is 123 cm³/mol. The van der Waals surface area contributed by atoms with Crippen LogP contribution in [0.25, 0.3) is 11.4 Å². The lowest BCUT2D eigenvalue weighted by Crippen LogP contribution is -2.22. The van der Waals surface area contributed by atoms with Crippen molar-refractivity contribution in [2.45, 2.75) is 27.7 Å². The number of esters is 1. The SMILES string of the molecule is Cc1ccc(-n2nc(C)c(NC(=O)COC(=O)c3nn(-c4ccccc4)nc3C)c2C)cc1. The zero-order chi connectivity index (χ0) is 23.5.